The molecule has 0 saturated carbocycles. The van der Waals surface area contributed by atoms with E-state index >= 15 is 0 Å². The fourth-order valence-corrected chi connectivity index (χ4v) is 2.42. The lowest BCUT2D eigenvalue weighted by atomic mass is 10.1. The van der Waals surface area contributed by atoms with Crippen LogP contribution in [0.15, 0.2) is 35.9 Å². The molecule has 18 heavy (non-hydrogen) atoms. The van der Waals surface area contributed by atoms with Crippen molar-refractivity contribution in [2.24, 2.45) is 0 Å². The number of imidazole rings is 1. The maximum Gasteiger partial charge on any atom is 0.252 e. The molecule has 0 aromatic carbocycles. The summed E-state index contributed by atoms with van der Waals surface area (Å²) in [6, 6.07) is 1.96. The van der Waals surface area contributed by atoms with Crippen LogP contribution in [0.25, 0.3) is 0 Å². The van der Waals surface area contributed by atoms with Crippen molar-refractivity contribution < 1.29 is 0 Å². The lowest BCUT2D eigenvalue weighted by Crippen LogP contribution is -2.37. The lowest BCUT2D eigenvalue weighted by molar-refractivity contribution is 0.403. The molecule has 1 fully saturated rings. The molecule has 0 radical (unpaired) electrons. The van der Waals surface area contributed by atoms with E-state index < -0.39 is 0 Å². The van der Waals surface area contributed by atoms with Crippen molar-refractivity contribution in [3.05, 3.63) is 41.5 Å². The first kappa shape index (κ1) is 11.0. The Kier molecular flexibility index (Phi) is 2.84. The zero-order valence-corrected chi connectivity index (χ0v) is 9.99. The summed E-state index contributed by atoms with van der Waals surface area (Å²) >= 11 is 0. The van der Waals surface area contributed by atoms with Gasteiger partial charge in [-0.1, -0.05) is 0 Å². The standard InChI is InChI=1S/C12H15N5O/c18-12-6-11(14-8-15-12)16-4-1-2-10(7-16)17-5-3-13-9-17/h3,5-6,8-10H,1-2,4,7H2,(H,14,15,18). The van der Waals surface area contributed by atoms with E-state index in [9.17, 15) is 4.79 Å². The van der Waals surface area contributed by atoms with Gasteiger partial charge in [-0.2, -0.15) is 0 Å². The van der Waals surface area contributed by atoms with Gasteiger partial charge >= 0.3 is 0 Å². The smallest absolute Gasteiger partial charge is 0.252 e. The van der Waals surface area contributed by atoms with Crippen molar-refractivity contribution in [3.63, 3.8) is 0 Å². The SMILES string of the molecule is O=c1cc(N2CCCC(n3ccnc3)C2)nc[nH]1. The predicted molar refractivity (Wildman–Crippen MR) is 67.6 cm³/mol. The quantitative estimate of drug-likeness (QED) is 0.850. The number of anilines is 1. The van der Waals surface area contributed by atoms with Crippen LogP contribution in [0.4, 0.5) is 5.82 Å². The molecule has 1 aliphatic heterocycles. The third-order valence-corrected chi connectivity index (χ3v) is 3.33. The van der Waals surface area contributed by atoms with Crippen LogP contribution in [0, 0.1) is 0 Å². The third-order valence-electron chi connectivity index (χ3n) is 3.33. The Morgan fingerprint density at radius 3 is 3.17 bits per heavy atom. The number of piperidine rings is 1. The van der Waals surface area contributed by atoms with Gasteiger partial charge in [0.1, 0.15) is 5.82 Å². The van der Waals surface area contributed by atoms with Crippen LogP contribution in [-0.2, 0) is 0 Å². The summed E-state index contributed by atoms with van der Waals surface area (Å²) in [5.74, 6) is 0.753. The molecule has 2 aromatic heterocycles. The molecule has 6 heteroatoms. The second kappa shape index (κ2) is 4.64. The number of H-pyrrole nitrogens is 1. The van der Waals surface area contributed by atoms with E-state index in [1.165, 1.54) is 6.33 Å². The highest BCUT2D eigenvalue weighted by molar-refractivity contribution is 5.37. The highest BCUT2D eigenvalue weighted by Crippen LogP contribution is 2.23. The average Bonchev–Trinajstić information content (AvgIpc) is 2.93. The van der Waals surface area contributed by atoms with E-state index in [1.54, 1.807) is 12.3 Å². The predicted octanol–water partition coefficient (Wildman–Crippen LogP) is 0.808. The van der Waals surface area contributed by atoms with E-state index in [2.05, 4.69) is 24.4 Å². The van der Waals surface area contributed by atoms with Crippen molar-refractivity contribution in [2.45, 2.75) is 18.9 Å². The Hall–Kier alpha value is -2.11. The number of hydrogen-bond acceptors (Lipinski definition) is 4. The summed E-state index contributed by atoms with van der Waals surface area (Å²) in [7, 11) is 0. The molecule has 1 atom stereocenters. The number of aromatic amines is 1. The molecule has 3 rings (SSSR count). The van der Waals surface area contributed by atoms with Gasteiger partial charge in [-0.05, 0) is 12.8 Å². The van der Waals surface area contributed by atoms with E-state index in [1.807, 2.05) is 12.5 Å². The molecule has 0 amide bonds. The van der Waals surface area contributed by atoms with Gasteiger partial charge in [-0.25, -0.2) is 9.97 Å². The summed E-state index contributed by atoms with van der Waals surface area (Å²) < 4.78 is 2.12. The molecule has 0 aliphatic carbocycles. The normalized spacial score (nSPS) is 20.0. The minimum atomic E-state index is -0.107. The molecular formula is C12H15N5O. The highest BCUT2D eigenvalue weighted by Gasteiger charge is 2.21. The van der Waals surface area contributed by atoms with Crippen LogP contribution in [0.3, 0.4) is 0 Å². The largest absolute Gasteiger partial charge is 0.354 e. The Labute approximate surface area is 104 Å². The van der Waals surface area contributed by atoms with Gasteiger partial charge in [-0.3, -0.25) is 4.79 Å². The van der Waals surface area contributed by atoms with Crippen molar-refractivity contribution in [3.8, 4) is 0 Å². The molecule has 2 aromatic rings. The number of nitrogens with one attached hydrogen (secondary N) is 1. The van der Waals surface area contributed by atoms with E-state index in [0.29, 0.717) is 6.04 Å². The molecule has 1 saturated heterocycles. The molecule has 0 spiro atoms. The van der Waals surface area contributed by atoms with Crippen LogP contribution in [0.1, 0.15) is 18.9 Å². The van der Waals surface area contributed by atoms with Gasteiger partial charge in [0.2, 0.25) is 0 Å². The minimum absolute atomic E-state index is 0.107. The van der Waals surface area contributed by atoms with Crippen molar-refractivity contribution in [2.75, 3.05) is 18.0 Å². The van der Waals surface area contributed by atoms with Gasteiger partial charge < -0.3 is 14.5 Å². The summed E-state index contributed by atoms with van der Waals surface area (Å²) in [5, 5.41) is 0. The molecule has 0 bridgehead atoms. The Morgan fingerprint density at radius 2 is 2.39 bits per heavy atom. The second-order valence-corrected chi connectivity index (χ2v) is 4.52. The fourth-order valence-electron chi connectivity index (χ4n) is 2.42. The summed E-state index contributed by atoms with van der Waals surface area (Å²) in [6.07, 6.45) is 9.31. The van der Waals surface area contributed by atoms with Gasteiger partial charge in [-0.15, -0.1) is 0 Å². The van der Waals surface area contributed by atoms with Crippen molar-refractivity contribution >= 4 is 5.82 Å². The topological polar surface area (TPSA) is 66.8 Å². The maximum atomic E-state index is 11.3. The van der Waals surface area contributed by atoms with Gasteiger partial charge in [0.05, 0.1) is 18.7 Å². The monoisotopic (exact) mass is 245 g/mol. The molecule has 1 aliphatic rings. The first-order valence-corrected chi connectivity index (χ1v) is 6.10. The highest BCUT2D eigenvalue weighted by atomic mass is 16.1. The van der Waals surface area contributed by atoms with E-state index in [0.717, 1.165) is 31.7 Å². The van der Waals surface area contributed by atoms with Gasteiger partial charge in [0.25, 0.3) is 5.56 Å². The van der Waals surface area contributed by atoms with Gasteiger partial charge in [0, 0.05) is 31.5 Å². The van der Waals surface area contributed by atoms with Crippen LogP contribution in [0.2, 0.25) is 0 Å². The fraction of sp³-hybridized carbons (Fsp3) is 0.417. The third kappa shape index (κ3) is 2.13. The number of hydrogen-bond donors (Lipinski definition) is 1. The number of aromatic nitrogens is 4. The minimum Gasteiger partial charge on any atom is -0.354 e. The van der Waals surface area contributed by atoms with Crippen LogP contribution >= 0.6 is 0 Å². The summed E-state index contributed by atoms with van der Waals surface area (Å²) in [4.78, 5) is 24.3. The second-order valence-electron chi connectivity index (χ2n) is 4.52. The molecule has 94 valence electrons. The van der Waals surface area contributed by atoms with Crippen LogP contribution in [0.5, 0.6) is 0 Å². The molecule has 1 N–H and O–H groups in total. The zero-order chi connectivity index (χ0) is 12.4. The van der Waals surface area contributed by atoms with Gasteiger partial charge in [0.15, 0.2) is 0 Å². The Morgan fingerprint density at radius 1 is 1.44 bits per heavy atom. The number of rotatable bonds is 2. The van der Waals surface area contributed by atoms with E-state index in [4.69, 9.17) is 0 Å². The summed E-state index contributed by atoms with van der Waals surface area (Å²) in [5.41, 5.74) is -0.107. The number of nitrogens with zero attached hydrogens (tertiary/aromatic N) is 4. The van der Waals surface area contributed by atoms with Crippen LogP contribution < -0.4 is 10.5 Å². The zero-order valence-electron chi connectivity index (χ0n) is 9.99. The molecule has 6 nitrogen and oxygen atoms in total. The molecule has 3 heterocycles. The Balaban J connectivity index is 1.80. The summed E-state index contributed by atoms with van der Waals surface area (Å²) in [6.45, 7) is 1.81. The Bertz CT molecular complexity index is 562. The molecular weight excluding hydrogens is 230 g/mol. The maximum absolute atomic E-state index is 11.3. The average molecular weight is 245 g/mol. The first-order chi connectivity index (χ1) is 8.83. The van der Waals surface area contributed by atoms with Crippen molar-refractivity contribution in [1.82, 2.24) is 19.5 Å². The molecule has 1 unspecified atom stereocenters. The van der Waals surface area contributed by atoms with Crippen molar-refractivity contribution in [1.29, 1.82) is 0 Å². The van der Waals surface area contributed by atoms with E-state index in [-0.39, 0.29) is 5.56 Å². The first-order valence-electron chi connectivity index (χ1n) is 6.10. The van der Waals surface area contributed by atoms with Crippen LogP contribution in [-0.4, -0.2) is 32.6 Å². The lowest BCUT2D eigenvalue weighted by Gasteiger charge is -2.33.